The molecular weight excluding hydrogens is 344 g/mol. The molecule has 1 amide bonds. The van der Waals surface area contributed by atoms with Crippen LogP contribution in [0.4, 0.5) is 0 Å². The fourth-order valence-electron chi connectivity index (χ4n) is 3.42. The number of carbonyl (C=O) groups is 1. The highest BCUT2D eigenvalue weighted by atomic mass is 32.2. The molecule has 3 aromatic rings. The van der Waals surface area contributed by atoms with Crippen LogP contribution in [-0.4, -0.2) is 22.3 Å². The maximum absolute atomic E-state index is 12.8. The van der Waals surface area contributed by atoms with E-state index < -0.39 is 0 Å². The molecule has 1 N–H and O–H groups in total. The summed E-state index contributed by atoms with van der Waals surface area (Å²) in [5, 5.41) is 4.64. The normalized spacial score (nSPS) is 15.8. The molecule has 1 unspecified atom stereocenters. The average Bonchev–Trinajstić information content (AvgIpc) is 3.01. The summed E-state index contributed by atoms with van der Waals surface area (Å²) in [5.74, 6) is 0.823. The molecule has 4 rings (SSSR count). The number of thioether (sulfide) groups is 1. The number of benzene rings is 2. The smallest absolute Gasteiger partial charge is 0.268 e. The van der Waals surface area contributed by atoms with Crippen LogP contribution in [0.1, 0.15) is 29.9 Å². The van der Waals surface area contributed by atoms with E-state index in [1.807, 2.05) is 49.0 Å². The van der Waals surface area contributed by atoms with Gasteiger partial charge in [-0.2, -0.15) is 0 Å². The van der Waals surface area contributed by atoms with Crippen molar-refractivity contribution in [2.45, 2.75) is 37.1 Å². The minimum atomic E-state index is -0.0277. The number of hydrogen-bond acceptors (Lipinski definition) is 3. The third-order valence-corrected chi connectivity index (χ3v) is 5.71. The summed E-state index contributed by atoms with van der Waals surface area (Å²) in [6.07, 6.45) is 0. The molecule has 0 fully saturated rings. The van der Waals surface area contributed by atoms with E-state index in [1.54, 1.807) is 0 Å². The lowest BCUT2D eigenvalue weighted by Crippen LogP contribution is -2.27. The van der Waals surface area contributed by atoms with Gasteiger partial charge < -0.3 is 14.6 Å². The highest BCUT2D eigenvalue weighted by Crippen LogP contribution is 2.38. The number of rotatable bonds is 5. The Labute approximate surface area is 157 Å². The number of amides is 1. The Morgan fingerprint density at radius 1 is 1.27 bits per heavy atom. The van der Waals surface area contributed by atoms with E-state index in [2.05, 4.69) is 35.0 Å². The molecule has 0 saturated heterocycles. The van der Waals surface area contributed by atoms with Crippen molar-refractivity contribution in [1.29, 1.82) is 0 Å². The summed E-state index contributed by atoms with van der Waals surface area (Å²) in [4.78, 5) is 14.1. The van der Waals surface area contributed by atoms with Gasteiger partial charge in [0.15, 0.2) is 0 Å². The second kappa shape index (κ2) is 7.08. The van der Waals surface area contributed by atoms with Crippen LogP contribution in [0, 0.1) is 0 Å². The Bertz CT molecular complexity index is 947. The topological polar surface area (TPSA) is 43.3 Å². The molecule has 2 heterocycles. The standard InChI is InChI=1S/C21H22N2O2S/c1-3-25-17-9-7-15(8-10-17)12-22-21(24)18-11-16-5-4-6-19-20(16)23(18)13-14(2)26-19/h4-11,14H,3,12-13H2,1-2H3,(H,22,24). The molecule has 1 aliphatic heterocycles. The minimum Gasteiger partial charge on any atom is -0.494 e. The lowest BCUT2D eigenvalue weighted by molar-refractivity contribution is 0.0942. The fraction of sp³-hybridized carbons (Fsp3) is 0.286. The van der Waals surface area contributed by atoms with Gasteiger partial charge >= 0.3 is 0 Å². The summed E-state index contributed by atoms with van der Waals surface area (Å²) in [7, 11) is 0. The Balaban J connectivity index is 1.54. The number of nitrogens with zero attached hydrogens (tertiary/aromatic N) is 1. The SMILES string of the molecule is CCOc1ccc(CNC(=O)c2cc3cccc4c3n2CC(C)S4)cc1. The van der Waals surface area contributed by atoms with Crippen LogP contribution in [0.5, 0.6) is 5.75 Å². The van der Waals surface area contributed by atoms with Gasteiger partial charge in [-0.25, -0.2) is 0 Å². The monoisotopic (exact) mass is 366 g/mol. The molecule has 0 radical (unpaired) electrons. The third-order valence-electron chi connectivity index (χ3n) is 4.57. The predicted octanol–water partition coefficient (Wildman–Crippen LogP) is 4.46. The highest BCUT2D eigenvalue weighted by molar-refractivity contribution is 8.00. The Morgan fingerprint density at radius 3 is 2.85 bits per heavy atom. The van der Waals surface area contributed by atoms with Gasteiger partial charge in [-0.05, 0) is 36.8 Å². The zero-order valence-electron chi connectivity index (χ0n) is 15.0. The molecule has 1 aliphatic rings. The summed E-state index contributed by atoms with van der Waals surface area (Å²) in [6.45, 7) is 6.18. The number of hydrogen-bond donors (Lipinski definition) is 1. The number of nitrogens with one attached hydrogen (secondary N) is 1. The van der Waals surface area contributed by atoms with Crippen LogP contribution in [0.3, 0.4) is 0 Å². The van der Waals surface area contributed by atoms with Gasteiger partial charge in [0, 0.05) is 28.6 Å². The van der Waals surface area contributed by atoms with Crippen molar-refractivity contribution in [2.75, 3.05) is 6.61 Å². The van der Waals surface area contributed by atoms with E-state index in [0.717, 1.165) is 28.9 Å². The average molecular weight is 366 g/mol. The lowest BCUT2D eigenvalue weighted by atomic mass is 10.2. The van der Waals surface area contributed by atoms with Crippen LogP contribution in [0.25, 0.3) is 10.9 Å². The maximum Gasteiger partial charge on any atom is 0.268 e. The van der Waals surface area contributed by atoms with Gasteiger partial charge in [0.2, 0.25) is 0 Å². The molecular formula is C21H22N2O2S. The zero-order chi connectivity index (χ0) is 18.1. The van der Waals surface area contributed by atoms with Crippen molar-refractivity contribution in [3.05, 3.63) is 59.8 Å². The van der Waals surface area contributed by atoms with Crippen molar-refractivity contribution in [2.24, 2.45) is 0 Å². The minimum absolute atomic E-state index is 0.0277. The molecule has 2 aromatic carbocycles. The summed E-state index contributed by atoms with van der Waals surface area (Å²) in [6, 6.07) is 16.1. The van der Waals surface area contributed by atoms with Crippen LogP contribution >= 0.6 is 11.8 Å². The van der Waals surface area contributed by atoms with E-state index in [4.69, 9.17) is 4.74 Å². The van der Waals surface area contributed by atoms with E-state index in [-0.39, 0.29) is 5.91 Å². The largest absolute Gasteiger partial charge is 0.494 e. The molecule has 26 heavy (non-hydrogen) atoms. The van der Waals surface area contributed by atoms with Gasteiger partial charge in [-0.3, -0.25) is 4.79 Å². The Kier molecular flexibility index (Phi) is 4.64. The van der Waals surface area contributed by atoms with Gasteiger partial charge in [0.05, 0.1) is 12.1 Å². The van der Waals surface area contributed by atoms with E-state index >= 15 is 0 Å². The van der Waals surface area contributed by atoms with Crippen LogP contribution < -0.4 is 10.1 Å². The van der Waals surface area contributed by atoms with Gasteiger partial charge in [-0.15, -0.1) is 11.8 Å². The van der Waals surface area contributed by atoms with Gasteiger partial charge in [0.1, 0.15) is 11.4 Å². The lowest BCUT2D eigenvalue weighted by Gasteiger charge is -2.22. The number of carbonyl (C=O) groups excluding carboxylic acids is 1. The predicted molar refractivity (Wildman–Crippen MR) is 106 cm³/mol. The third kappa shape index (κ3) is 3.19. The fourth-order valence-corrected chi connectivity index (χ4v) is 4.57. The van der Waals surface area contributed by atoms with E-state index in [9.17, 15) is 4.79 Å². The van der Waals surface area contributed by atoms with Crippen molar-refractivity contribution >= 4 is 28.6 Å². The summed E-state index contributed by atoms with van der Waals surface area (Å²) >= 11 is 1.88. The Morgan fingerprint density at radius 2 is 2.08 bits per heavy atom. The van der Waals surface area contributed by atoms with Crippen molar-refractivity contribution in [1.82, 2.24) is 9.88 Å². The van der Waals surface area contributed by atoms with Gasteiger partial charge in [-0.1, -0.05) is 31.2 Å². The van der Waals surface area contributed by atoms with Crippen LogP contribution in [-0.2, 0) is 13.1 Å². The van der Waals surface area contributed by atoms with E-state index in [0.29, 0.717) is 18.4 Å². The maximum atomic E-state index is 12.8. The second-order valence-corrected chi connectivity index (χ2v) is 8.00. The summed E-state index contributed by atoms with van der Waals surface area (Å²) < 4.78 is 7.62. The molecule has 0 aliphatic carbocycles. The van der Waals surface area contributed by atoms with Crippen LogP contribution in [0.2, 0.25) is 0 Å². The van der Waals surface area contributed by atoms with Crippen molar-refractivity contribution in [3.8, 4) is 5.75 Å². The molecule has 0 bridgehead atoms. The summed E-state index contributed by atoms with van der Waals surface area (Å²) in [5.41, 5.74) is 2.98. The van der Waals surface area contributed by atoms with Gasteiger partial charge in [0.25, 0.3) is 5.91 Å². The molecule has 1 aromatic heterocycles. The zero-order valence-corrected chi connectivity index (χ0v) is 15.8. The van der Waals surface area contributed by atoms with Crippen molar-refractivity contribution in [3.63, 3.8) is 0 Å². The van der Waals surface area contributed by atoms with Crippen molar-refractivity contribution < 1.29 is 9.53 Å². The first-order valence-electron chi connectivity index (χ1n) is 8.94. The molecule has 0 spiro atoms. The first kappa shape index (κ1) is 17.0. The molecule has 134 valence electrons. The Hall–Kier alpha value is -2.40. The molecule has 0 saturated carbocycles. The molecule has 4 nitrogen and oxygen atoms in total. The first-order valence-corrected chi connectivity index (χ1v) is 9.82. The molecule has 5 heteroatoms. The highest BCUT2D eigenvalue weighted by Gasteiger charge is 2.23. The van der Waals surface area contributed by atoms with Crippen LogP contribution in [0.15, 0.2) is 53.4 Å². The quantitative estimate of drug-likeness (QED) is 0.725. The molecule has 1 atom stereocenters. The van der Waals surface area contributed by atoms with E-state index in [1.165, 1.54) is 10.4 Å². The number of aromatic nitrogens is 1. The second-order valence-electron chi connectivity index (χ2n) is 6.52. The first-order chi connectivity index (χ1) is 12.7. The number of para-hydroxylation sites is 1. The number of ether oxygens (including phenoxy) is 1.